The van der Waals surface area contributed by atoms with E-state index < -0.39 is 15.8 Å². The van der Waals surface area contributed by atoms with E-state index in [1.54, 1.807) is 17.4 Å². The van der Waals surface area contributed by atoms with Gasteiger partial charge in [-0.3, -0.25) is 4.90 Å². The molecular formula is C19H25FN2O2S2. The topological polar surface area (TPSA) is 49.4 Å². The van der Waals surface area contributed by atoms with Gasteiger partial charge in [0.05, 0.1) is 11.8 Å². The lowest BCUT2D eigenvalue weighted by atomic mass is 9.97. The molecular weight excluding hydrogens is 371 g/mol. The lowest BCUT2D eigenvalue weighted by Crippen LogP contribution is -2.41. The summed E-state index contributed by atoms with van der Waals surface area (Å²) in [7, 11) is -3.53. The first-order valence-corrected chi connectivity index (χ1v) is 11.5. The Bertz CT molecular complexity index is 801. The van der Waals surface area contributed by atoms with Gasteiger partial charge in [0.25, 0.3) is 0 Å². The molecule has 1 aliphatic heterocycles. The highest BCUT2D eigenvalue weighted by atomic mass is 32.2. The number of piperidine rings is 1. The largest absolute Gasteiger partial charge is 0.294 e. The second-order valence-electron chi connectivity index (χ2n) is 6.99. The number of nitrogens with one attached hydrogen (secondary N) is 1. The molecule has 1 aliphatic rings. The van der Waals surface area contributed by atoms with Crippen LogP contribution in [-0.2, 0) is 15.8 Å². The van der Waals surface area contributed by atoms with Crippen molar-refractivity contribution in [3.63, 3.8) is 0 Å². The van der Waals surface area contributed by atoms with Crippen LogP contribution in [0.15, 0.2) is 41.8 Å². The van der Waals surface area contributed by atoms with Crippen molar-refractivity contribution in [1.82, 2.24) is 9.62 Å². The molecule has 1 aromatic carbocycles. The number of nitrogens with zero attached hydrogens (tertiary/aromatic N) is 1. The first-order valence-electron chi connectivity index (χ1n) is 8.92. The van der Waals surface area contributed by atoms with Crippen LogP contribution >= 0.6 is 11.3 Å². The number of sulfonamides is 1. The van der Waals surface area contributed by atoms with Crippen LogP contribution in [0.5, 0.6) is 0 Å². The molecule has 3 rings (SSSR count). The van der Waals surface area contributed by atoms with E-state index in [0.29, 0.717) is 12.1 Å². The Kier molecular flexibility index (Phi) is 6.45. The molecule has 4 nitrogen and oxygen atoms in total. The standard InChI is InChI=1S/C19H25FN2O2S2/c1-15-7-9-22(10-8-15)18(19-6-3-11-25-19)13-21-26(23,24)14-16-4-2-5-17(20)12-16/h2-6,11-12,15,18,21H,7-10,13-14H2,1H3. The highest BCUT2D eigenvalue weighted by molar-refractivity contribution is 7.88. The number of thiophene rings is 1. The van der Waals surface area contributed by atoms with Crippen LogP contribution in [0.25, 0.3) is 0 Å². The van der Waals surface area contributed by atoms with Crippen molar-refractivity contribution in [2.45, 2.75) is 31.6 Å². The second-order valence-corrected chi connectivity index (χ2v) is 9.77. The normalized spacial score (nSPS) is 18.1. The maximum Gasteiger partial charge on any atom is 0.215 e. The van der Waals surface area contributed by atoms with Crippen molar-refractivity contribution >= 4 is 21.4 Å². The van der Waals surface area contributed by atoms with Crippen molar-refractivity contribution in [1.29, 1.82) is 0 Å². The van der Waals surface area contributed by atoms with Gasteiger partial charge in [-0.05, 0) is 61.0 Å². The van der Waals surface area contributed by atoms with E-state index in [-0.39, 0.29) is 11.8 Å². The number of benzene rings is 1. The lowest BCUT2D eigenvalue weighted by molar-refractivity contribution is 0.141. The first-order chi connectivity index (χ1) is 12.4. The van der Waals surface area contributed by atoms with Crippen molar-refractivity contribution in [2.75, 3.05) is 19.6 Å². The lowest BCUT2D eigenvalue weighted by Gasteiger charge is -2.36. The molecule has 1 saturated heterocycles. The molecule has 1 fully saturated rings. The van der Waals surface area contributed by atoms with E-state index in [2.05, 4.69) is 22.6 Å². The average molecular weight is 397 g/mol. The number of rotatable bonds is 7. The highest BCUT2D eigenvalue weighted by Crippen LogP contribution is 2.29. The predicted octanol–water partition coefficient (Wildman–Crippen LogP) is 3.78. The summed E-state index contributed by atoms with van der Waals surface area (Å²) >= 11 is 1.66. The minimum Gasteiger partial charge on any atom is -0.294 e. The van der Waals surface area contributed by atoms with Crippen LogP contribution < -0.4 is 4.72 Å². The van der Waals surface area contributed by atoms with Crippen LogP contribution in [0.2, 0.25) is 0 Å². The van der Waals surface area contributed by atoms with E-state index in [9.17, 15) is 12.8 Å². The molecule has 1 N–H and O–H groups in total. The van der Waals surface area contributed by atoms with Crippen LogP contribution in [0, 0.1) is 11.7 Å². The fourth-order valence-electron chi connectivity index (χ4n) is 3.33. The zero-order chi connectivity index (χ0) is 18.6. The van der Waals surface area contributed by atoms with E-state index in [0.717, 1.165) is 31.8 Å². The molecule has 0 amide bonds. The maximum atomic E-state index is 13.3. The van der Waals surface area contributed by atoms with Gasteiger partial charge in [0.2, 0.25) is 10.0 Å². The summed E-state index contributed by atoms with van der Waals surface area (Å²) in [6, 6.07) is 9.85. The zero-order valence-corrected chi connectivity index (χ0v) is 16.5. The second kappa shape index (κ2) is 8.61. The molecule has 7 heteroatoms. The molecule has 0 radical (unpaired) electrons. The Labute approximate surface area is 159 Å². The van der Waals surface area contributed by atoms with Crippen LogP contribution in [-0.4, -0.2) is 33.0 Å². The minimum absolute atomic E-state index is 0.0461. The fourth-order valence-corrected chi connectivity index (χ4v) is 5.33. The highest BCUT2D eigenvalue weighted by Gasteiger charge is 2.26. The first kappa shape index (κ1) is 19.5. The summed E-state index contributed by atoms with van der Waals surface area (Å²) in [4.78, 5) is 3.55. The van der Waals surface area contributed by atoms with Gasteiger partial charge < -0.3 is 0 Å². The summed E-state index contributed by atoms with van der Waals surface area (Å²) in [5, 5.41) is 2.02. The van der Waals surface area contributed by atoms with Crippen molar-refractivity contribution < 1.29 is 12.8 Å². The van der Waals surface area contributed by atoms with Gasteiger partial charge in [-0.25, -0.2) is 17.5 Å². The average Bonchev–Trinajstić information content (AvgIpc) is 3.10. The molecule has 1 aromatic heterocycles. The molecule has 0 spiro atoms. The van der Waals surface area contributed by atoms with E-state index in [1.807, 2.05) is 11.4 Å². The Balaban J connectivity index is 1.67. The molecule has 1 atom stereocenters. The fraction of sp³-hybridized carbons (Fsp3) is 0.474. The molecule has 2 heterocycles. The smallest absolute Gasteiger partial charge is 0.215 e. The van der Waals surface area contributed by atoms with Gasteiger partial charge in [0.1, 0.15) is 5.82 Å². The molecule has 1 unspecified atom stereocenters. The summed E-state index contributed by atoms with van der Waals surface area (Å²) < 4.78 is 41.0. The number of hydrogen-bond donors (Lipinski definition) is 1. The SMILES string of the molecule is CC1CCN(C(CNS(=O)(=O)Cc2cccc(F)c2)c2cccs2)CC1. The van der Waals surface area contributed by atoms with Gasteiger partial charge in [-0.15, -0.1) is 11.3 Å². The van der Waals surface area contributed by atoms with Crippen molar-refractivity contribution in [2.24, 2.45) is 5.92 Å². The van der Waals surface area contributed by atoms with Crippen LogP contribution in [0.4, 0.5) is 4.39 Å². The number of likely N-dealkylation sites (tertiary alicyclic amines) is 1. The van der Waals surface area contributed by atoms with Crippen molar-refractivity contribution in [3.8, 4) is 0 Å². The molecule has 0 aliphatic carbocycles. The number of hydrogen-bond acceptors (Lipinski definition) is 4. The van der Waals surface area contributed by atoms with Crippen LogP contribution in [0.3, 0.4) is 0 Å². The monoisotopic (exact) mass is 396 g/mol. The van der Waals surface area contributed by atoms with Gasteiger partial charge in [-0.1, -0.05) is 25.1 Å². The van der Waals surface area contributed by atoms with E-state index >= 15 is 0 Å². The number of halogens is 1. The van der Waals surface area contributed by atoms with E-state index in [1.165, 1.54) is 23.1 Å². The third kappa shape index (κ3) is 5.36. The minimum atomic E-state index is -3.53. The quantitative estimate of drug-likeness (QED) is 0.775. The van der Waals surface area contributed by atoms with Gasteiger partial charge in [-0.2, -0.15) is 0 Å². The molecule has 0 bridgehead atoms. The van der Waals surface area contributed by atoms with Gasteiger partial charge >= 0.3 is 0 Å². The third-order valence-corrected chi connectivity index (χ3v) is 7.17. The Morgan fingerprint density at radius 1 is 1.27 bits per heavy atom. The molecule has 0 saturated carbocycles. The predicted molar refractivity (Wildman–Crippen MR) is 104 cm³/mol. The summed E-state index contributed by atoms with van der Waals surface area (Å²) in [5.74, 6) is 0.0929. The van der Waals surface area contributed by atoms with E-state index in [4.69, 9.17) is 0 Å². The summed E-state index contributed by atoms with van der Waals surface area (Å²) in [6.07, 6.45) is 2.27. The Hall–Kier alpha value is -1.28. The third-order valence-electron chi connectivity index (χ3n) is 4.87. The van der Waals surface area contributed by atoms with Gasteiger partial charge in [0.15, 0.2) is 0 Å². The molecule has 26 heavy (non-hydrogen) atoms. The van der Waals surface area contributed by atoms with Gasteiger partial charge in [0, 0.05) is 11.4 Å². The van der Waals surface area contributed by atoms with Crippen molar-refractivity contribution in [3.05, 3.63) is 58.0 Å². The Morgan fingerprint density at radius 3 is 2.69 bits per heavy atom. The molecule has 2 aromatic rings. The van der Waals surface area contributed by atoms with Crippen LogP contribution in [0.1, 0.15) is 36.2 Å². The Morgan fingerprint density at radius 2 is 2.04 bits per heavy atom. The maximum absolute atomic E-state index is 13.3. The summed E-state index contributed by atoms with van der Waals surface area (Å²) in [6.45, 7) is 4.57. The summed E-state index contributed by atoms with van der Waals surface area (Å²) in [5.41, 5.74) is 0.456. The zero-order valence-electron chi connectivity index (χ0n) is 14.9. The molecule has 142 valence electrons.